The molecule has 2 aromatic rings. The van der Waals surface area contributed by atoms with Crippen LogP contribution in [0.2, 0.25) is 0 Å². The first-order valence-electron chi connectivity index (χ1n) is 5.28. The van der Waals surface area contributed by atoms with Gasteiger partial charge in [-0.05, 0) is 21.9 Å². The molecule has 0 spiro atoms. The highest BCUT2D eigenvalue weighted by Crippen LogP contribution is 2.52. The quantitative estimate of drug-likeness (QED) is 0.573. The Bertz CT molecular complexity index is 535. The van der Waals surface area contributed by atoms with E-state index >= 15 is 0 Å². The second kappa shape index (κ2) is 2.76. The fourth-order valence-electron chi connectivity index (χ4n) is 2.64. The Hall–Kier alpha value is -1.01. The minimum Gasteiger partial charge on any atom is -0.117 e. The molecule has 0 aliphatic heterocycles. The van der Waals surface area contributed by atoms with Gasteiger partial charge >= 0.3 is 0 Å². The molecule has 15 heavy (non-hydrogen) atoms. The lowest BCUT2D eigenvalue weighted by atomic mass is 9.85. The van der Waals surface area contributed by atoms with Gasteiger partial charge in [-0.3, -0.25) is 0 Å². The predicted molar refractivity (Wildman–Crippen MR) is 65.6 cm³/mol. The van der Waals surface area contributed by atoms with Gasteiger partial charge in [-0.25, -0.2) is 0 Å². The van der Waals surface area contributed by atoms with E-state index in [1.165, 1.54) is 21.9 Å². The maximum absolute atomic E-state index is 6.54. The molecule has 0 nitrogen and oxygen atoms in total. The normalized spacial score (nSPS) is 22.2. The molecule has 2 aromatic carbocycles. The van der Waals surface area contributed by atoms with Crippen LogP contribution >= 0.6 is 11.6 Å². The van der Waals surface area contributed by atoms with E-state index in [-0.39, 0.29) is 10.8 Å². The summed E-state index contributed by atoms with van der Waals surface area (Å²) in [6.07, 6.45) is 0. The average Bonchev–Trinajstić information content (AvgIpc) is 2.43. The van der Waals surface area contributed by atoms with Crippen molar-refractivity contribution in [1.82, 2.24) is 0 Å². The van der Waals surface area contributed by atoms with Crippen LogP contribution in [-0.4, -0.2) is 0 Å². The van der Waals surface area contributed by atoms with Gasteiger partial charge in [0.1, 0.15) is 0 Å². The van der Waals surface area contributed by atoms with Gasteiger partial charge in [-0.2, -0.15) is 0 Å². The van der Waals surface area contributed by atoms with Crippen molar-refractivity contribution >= 4 is 22.4 Å². The topological polar surface area (TPSA) is 0 Å². The van der Waals surface area contributed by atoms with Crippen LogP contribution in [0.5, 0.6) is 0 Å². The summed E-state index contributed by atoms with van der Waals surface area (Å²) in [6.45, 7) is 4.44. The van der Waals surface area contributed by atoms with Crippen LogP contribution in [0.15, 0.2) is 36.4 Å². The summed E-state index contributed by atoms with van der Waals surface area (Å²) in [5, 5.41) is 2.77. The Morgan fingerprint density at radius 2 is 1.73 bits per heavy atom. The fraction of sp³-hybridized carbons (Fsp3) is 0.286. The van der Waals surface area contributed by atoms with Crippen molar-refractivity contribution in [3.05, 3.63) is 47.5 Å². The second-order valence-corrected chi connectivity index (χ2v) is 5.27. The van der Waals surface area contributed by atoms with Crippen molar-refractivity contribution in [3.8, 4) is 0 Å². The molecule has 1 unspecified atom stereocenters. The molecule has 0 aromatic heterocycles. The molecule has 1 heteroatoms. The zero-order valence-electron chi connectivity index (χ0n) is 8.92. The van der Waals surface area contributed by atoms with Gasteiger partial charge in [-0.1, -0.05) is 50.2 Å². The lowest BCUT2D eigenvalue weighted by Crippen LogP contribution is -2.17. The summed E-state index contributed by atoms with van der Waals surface area (Å²) in [5.41, 5.74) is 2.72. The minimum atomic E-state index is 0.0464. The van der Waals surface area contributed by atoms with Crippen LogP contribution in [0, 0.1) is 0 Å². The lowest BCUT2D eigenvalue weighted by molar-refractivity contribution is 0.528. The van der Waals surface area contributed by atoms with Crippen LogP contribution in [0.3, 0.4) is 0 Å². The van der Waals surface area contributed by atoms with Gasteiger partial charge in [0.2, 0.25) is 0 Å². The van der Waals surface area contributed by atoms with Crippen LogP contribution in [-0.2, 0) is 5.41 Å². The Kier molecular flexibility index (Phi) is 1.70. The number of halogens is 1. The van der Waals surface area contributed by atoms with E-state index in [0.29, 0.717) is 0 Å². The van der Waals surface area contributed by atoms with E-state index in [4.69, 9.17) is 11.6 Å². The molecule has 76 valence electrons. The number of rotatable bonds is 0. The maximum atomic E-state index is 6.54. The molecule has 1 aliphatic carbocycles. The third-order valence-electron chi connectivity index (χ3n) is 3.54. The first-order chi connectivity index (χ1) is 7.12. The van der Waals surface area contributed by atoms with Gasteiger partial charge in [0.15, 0.2) is 0 Å². The smallest absolute Gasteiger partial charge is 0.0682 e. The fourth-order valence-corrected chi connectivity index (χ4v) is 2.94. The van der Waals surface area contributed by atoms with Gasteiger partial charge in [-0.15, -0.1) is 11.6 Å². The monoisotopic (exact) mass is 216 g/mol. The van der Waals surface area contributed by atoms with Crippen LogP contribution < -0.4 is 0 Å². The van der Waals surface area contributed by atoms with E-state index in [1.807, 2.05) is 0 Å². The largest absolute Gasteiger partial charge is 0.117 e. The number of benzene rings is 2. The van der Waals surface area contributed by atoms with E-state index in [9.17, 15) is 0 Å². The average molecular weight is 217 g/mol. The standard InChI is InChI=1S/C14H13Cl/c1-14(2)11-8-4-6-9-5-3-7-10(12(9)11)13(14)15/h3-8,13H,1-2H3. The molecule has 0 heterocycles. The van der Waals surface area contributed by atoms with Gasteiger partial charge in [0.25, 0.3) is 0 Å². The molecule has 0 N–H and O–H groups in total. The summed E-state index contributed by atoms with van der Waals surface area (Å²) in [5.74, 6) is 0. The molecule has 0 saturated heterocycles. The molecule has 1 aliphatic rings. The molecule has 3 rings (SSSR count). The van der Waals surface area contributed by atoms with E-state index in [0.717, 1.165) is 0 Å². The van der Waals surface area contributed by atoms with Crippen LogP contribution in [0.1, 0.15) is 30.4 Å². The molecule has 0 bridgehead atoms. The Morgan fingerprint density at radius 1 is 1.07 bits per heavy atom. The minimum absolute atomic E-state index is 0.0464. The molecular formula is C14H13Cl. The maximum Gasteiger partial charge on any atom is 0.0682 e. The van der Waals surface area contributed by atoms with E-state index in [2.05, 4.69) is 50.2 Å². The van der Waals surface area contributed by atoms with Gasteiger partial charge in [0.05, 0.1) is 5.38 Å². The Balaban J connectivity index is 2.51. The summed E-state index contributed by atoms with van der Waals surface area (Å²) >= 11 is 6.54. The van der Waals surface area contributed by atoms with Crippen molar-refractivity contribution in [1.29, 1.82) is 0 Å². The molecule has 0 fully saturated rings. The van der Waals surface area contributed by atoms with Crippen LogP contribution in [0.4, 0.5) is 0 Å². The first-order valence-corrected chi connectivity index (χ1v) is 5.72. The van der Waals surface area contributed by atoms with Gasteiger partial charge < -0.3 is 0 Å². The molecule has 1 atom stereocenters. The summed E-state index contributed by atoms with van der Waals surface area (Å²) < 4.78 is 0. The molecular weight excluding hydrogens is 204 g/mol. The zero-order chi connectivity index (χ0) is 10.6. The van der Waals surface area contributed by atoms with Crippen molar-refractivity contribution in [2.45, 2.75) is 24.6 Å². The molecule has 0 radical (unpaired) electrons. The first kappa shape index (κ1) is 9.23. The lowest BCUT2D eigenvalue weighted by Gasteiger charge is -2.24. The van der Waals surface area contributed by atoms with E-state index in [1.54, 1.807) is 0 Å². The summed E-state index contributed by atoms with van der Waals surface area (Å²) in [7, 11) is 0. The highest BCUT2D eigenvalue weighted by molar-refractivity contribution is 6.24. The van der Waals surface area contributed by atoms with Crippen LogP contribution in [0.25, 0.3) is 10.8 Å². The number of hydrogen-bond acceptors (Lipinski definition) is 0. The summed E-state index contributed by atoms with van der Waals surface area (Å²) in [4.78, 5) is 0. The Labute approximate surface area is 94.9 Å². The molecule has 0 amide bonds. The highest BCUT2D eigenvalue weighted by atomic mass is 35.5. The van der Waals surface area contributed by atoms with Crippen molar-refractivity contribution in [3.63, 3.8) is 0 Å². The number of alkyl halides is 1. The Morgan fingerprint density at radius 3 is 2.47 bits per heavy atom. The third kappa shape index (κ3) is 1.03. The predicted octanol–water partition coefficient (Wildman–Crippen LogP) is 4.41. The van der Waals surface area contributed by atoms with Gasteiger partial charge in [0, 0.05) is 5.41 Å². The summed E-state index contributed by atoms with van der Waals surface area (Å²) in [6, 6.07) is 12.9. The number of hydrogen-bond donors (Lipinski definition) is 0. The van der Waals surface area contributed by atoms with Crippen molar-refractivity contribution in [2.24, 2.45) is 0 Å². The SMILES string of the molecule is CC1(C)c2cccc3cccc(c23)C1Cl. The zero-order valence-corrected chi connectivity index (χ0v) is 9.68. The van der Waals surface area contributed by atoms with E-state index < -0.39 is 0 Å². The highest BCUT2D eigenvalue weighted by Gasteiger charge is 2.39. The van der Waals surface area contributed by atoms with Crippen molar-refractivity contribution in [2.75, 3.05) is 0 Å². The molecule has 0 saturated carbocycles. The van der Waals surface area contributed by atoms with Crippen molar-refractivity contribution < 1.29 is 0 Å². The third-order valence-corrected chi connectivity index (χ3v) is 4.32. The second-order valence-electron chi connectivity index (χ2n) is 4.84.